The standard InChI is InChI=1S/C9H7N3OS/c1-6-2-3-10-4-7(6)9(13)8-5-11-12-14-8/h2-5H,1H3. The van der Waals surface area contributed by atoms with Crippen LogP contribution in [0.4, 0.5) is 0 Å². The Labute approximate surface area is 84.8 Å². The summed E-state index contributed by atoms with van der Waals surface area (Å²) in [6, 6.07) is 1.81. The lowest BCUT2D eigenvalue weighted by Crippen LogP contribution is -2.01. The number of carbonyl (C=O) groups excluding carboxylic acids is 1. The monoisotopic (exact) mass is 205 g/mol. The first-order valence-electron chi connectivity index (χ1n) is 4.01. The third-order valence-corrected chi connectivity index (χ3v) is 2.53. The highest BCUT2D eigenvalue weighted by molar-refractivity contribution is 7.08. The Balaban J connectivity index is 2.42. The lowest BCUT2D eigenvalue weighted by molar-refractivity contribution is 0.104. The lowest BCUT2D eigenvalue weighted by atomic mass is 10.1. The van der Waals surface area contributed by atoms with E-state index in [4.69, 9.17) is 0 Å². The molecule has 0 saturated carbocycles. The molecule has 4 nitrogen and oxygen atoms in total. The van der Waals surface area contributed by atoms with Crippen LogP contribution in [0.3, 0.4) is 0 Å². The molecule has 2 aromatic rings. The van der Waals surface area contributed by atoms with Crippen molar-refractivity contribution in [3.05, 3.63) is 40.7 Å². The van der Waals surface area contributed by atoms with Gasteiger partial charge in [0.15, 0.2) is 0 Å². The van der Waals surface area contributed by atoms with Gasteiger partial charge in [0.2, 0.25) is 5.78 Å². The molecule has 0 aliphatic heterocycles. The normalized spacial score (nSPS) is 10.1. The highest BCUT2D eigenvalue weighted by Gasteiger charge is 2.13. The molecule has 0 fully saturated rings. The molecule has 0 saturated heterocycles. The average Bonchev–Trinajstić information content (AvgIpc) is 2.70. The fraction of sp³-hybridized carbons (Fsp3) is 0.111. The highest BCUT2D eigenvalue weighted by atomic mass is 32.1. The number of ketones is 1. The van der Waals surface area contributed by atoms with Crippen molar-refractivity contribution in [3.8, 4) is 0 Å². The van der Waals surface area contributed by atoms with Crippen LogP contribution >= 0.6 is 11.5 Å². The molecule has 2 heterocycles. The smallest absolute Gasteiger partial charge is 0.208 e. The number of carbonyl (C=O) groups is 1. The minimum absolute atomic E-state index is 0.0643. The number of aryl methyl sites for hydroxylation is 1. The van der Waals surface area contributed by atoms with Gasteiger partial charge in [-0.25, -0.2) is 0 Å². The van der Waals surface area contributed by atoms with E-state index in [2.05, 4.69) is 14.6 Å². The first-order chi connectivity index (χ1) is 6.79. The van der Waals surface area contributed by atoms with Crippen molar-refractivity contribution in [1.82, 2.24) is 14.6 Å². The molecular formula is C9H7N3OS. The Morgan fingerprint density at radius 1 is 1.43 bits per heavy atom. The van der Waals surface area contributed by atoms with Crippen molar-refractivity contribution in [2.45, 2.75) is 6.92 Å². The topological polar surface area (TPSA) is 55.7 Å². The fourth-order valence-electron chi connectivity index (χ4n) is 1.10. The van der Waals surface area contributed by atoms with Crippen LogP contribution in [0.25, 0.3) is 0 Å². The second-order valence-corrected chi connectivity index (χ2v) is 3.59. The summed E-state index contributed by atoms with van der Waals surface area (Å²) in [5, 5.41) is 3.63. The van der Waals surface area contributed by atoms with E-state index in [1.807, 2.05) is 13.0 Å². The van der Waals surface area contributed by atoms with Gasteiger partial charge in [-0.2, -0.15) is 0 Å². The van der Waals surface area contributed by atoms with E-state index in [9.17, 15) is 4.79 Å². The zero-order valence-corrected chi connectivity index (χ0v) is 8.28. The van der Waals surface area contributed by atoms with E-state index < -0.39 is 0 Å². The SMILES string of the molecule is Cc1ccncc1C(=O)c1cnns1. The van der Waals surface area contributed by atoms with Gasteiger partial charge in [-0.15, -0.1) is 5.10 Å². The fourth-order valence-corrected chi connectivity index (χ4v) is 1.57. The Kier molecular flexibility index (Phi) is 2.32. The Hall–Kier alpha value is -1.62. The van der Waals surface area contributed by atoms with E-state index in [-0.39, 0.29) is 5.78 Å². The summed E-state index contributed by atoms with van der Waals surface area (Å²) in [5.41, 5.74) is 1.52. The molecule has 70 valence electrons. The van der Waals surface area contributed by atoms with Gasteiger partial charge in [-0.3, -0.25) is 9.78 Å². The molecule has 2 aromatic heterocycles. The maximum Gasteiger partial charge on any atom is 0.208 e. The van der Waals surface area contributed by atoms with E-state index >= 15 is 0 Å². The van der Waals surface area contributed by atoms with E-state index in [0.29, 0.717) is 10.4 Å². The number of pyridine rings is 1. The maximum absolute atomic E-state index is 11.8. The zero-order valence-electron chi connectivity index (χ0n) is 7.47. The van der Waals surface area contributed by atoms with Gasteiger partial charge in [-0.05, 0) is 30.1 Å². The first-order valence-corrected chi connectivity index (χ1v) is 4.79. The van der Waals surface area contributed by atoms with Gasteiger partial charge in [-0.1, -0.05) is 4.49 Å². The number of hydrogen-bond donors (Lipinski definition) is 0. The van der Waals surface area contributed by atoms with Crippen LogP contribution in [-0.4, -0.2) is 20.4 Å². The summed E-state index contributed by atoms with van der Waals surface area (Å²) in [7, 11) is 0. The second-order valence-electron chi connectivity index (χ2n) is 2.80. The number of rotatable bonds is 2. The minimum Gasteiger partial charge on any atom is -0.287 e. The number of nitrogens with zero attached hydrogens (tertiary/aromatic N) is 3. The first kappa shape index (κ1) is 8.96. The van der Waals surface area contributed by atoms with Crippen LogP contribution in [0.2, 0.25) is 0 Å². The van der Waals surface area contributed by atoms with Crippen molar-refractivity contribution >= 4 is 17.3 Å². The summed E-state index contributed by atoms with van der Waals surface area (Å²) in [6.45, 7) is 1.88. The number of aromatic nitrogens is 3. The molecular weight excluding hydrogens is 198 g/mol. The molecule has 0 radical (unpaired) electrons. The van der Waals surface area contributed by atoms with Gasteiger partial charge in [0.05, 0.1) is 6.20 Å². The molecule has 2 rings (SSSR count). The van der Waals surface area contributed by atoms with Crippen molar-refractivity contribution in [3.63, 3.8) is 0 Å². The third-order valence-electron chi connectivity index (χ3n) is 1.87. The van der Waals surface area contributed by atoms with E-state index in [0.717, 1.165) is 17.1 Å². The molecule has 0 N–H and O–H groups in total. The molecule has 0 spiro atoms. The Morgan fingerprint density at radius 2 is 2.29 bits per heavy atom. The highest BCUT2D eigenvalue weighted by Crippen LogP contribution is 2.13. The Bertz CT molecular complexity index is 453. The van der Waals surface area contributed by atoms with E-state index in [1.165, 1.54) is 6.20 Å². The maximum atomic E-state index is 11.8. The predicted molar refractivity (Wildman–Crippen MR) is 52.3 cm³/mol. The van der Waals surface area contributed by atoms with Crippen molar-refractivity contribution in [2.75, 3.05) is 0 Å². The molecule has 0 atom stereocenters. The molecule has 0 aliphatic carbocycles. The minimum atomic E-state index is -0.0643. The van der Waals surface area contributed by atoms with Gasteiger partial charge in [0.1, 0.15) is 4.88 Å². The molecule has 0 amide bonds. The molecule has 14 heavy (non-hydrogen) atoms. The van der Waals surface area contributed by atoms with Crippen LogP contribution in [-0.2, 0) is 0 Å². The van der Waals surface area contributed by atoms with Crippen molar-refractivity contribution < 1.29 is 4.79 Å². The van der Waals surface area contributed by atoms with Gasteiger partial charge in [0.25, 0.3) is 0 Å². The van der Waals surface area contributed by atoms with Gasteiger partial charge in [0, 0.05) is 18.0 Å². The van der Waals surface area contributed by atoms with Crippen LogP contribution in [0.1, 0.15) is 20.8 Å². The third kappa shape index (κ3) is 1.54. The van der Waals surface area contributed by atoms with Crippen LogP contribution in [0, 0.1) is 6.92 Å². The molecule has 5 heteroatoms. The van der Waals surface area contributed by atoms with Crippen molar-refractivity contribution in [1.29, 1.82) is 0 Å². The summed E-state index contributed by atoms with van der Waals surface area (Å²) >= 11 is 1.10. The summed E-state index contributed by atoms with van der Waals surface area (Å²) in [6.07, 6.45) is 4.70. The lowest BCUT2D eigenvalue weighted by Gasteiger charge is -1.99. The van der Waals surface area contributed by atoms with Crippen LogP contribution in [0.15, 0.2) is 24.7 Å². The summed E-state index contributed by atoms with van der Waals surface area (Å²) < 4.78 is 3.65. The summed E-state index contributed by atoms with van der Waals surface area (Å²) in [5.74, 6) is -0.0643. The van der Waals surface area contributed by atoms with Gasteiger partial charge >= 0.3 is 0 Å². The van der Waals surface area contributed by atoms with Crippen LogP contribution in [0.5, 0.6) is 0 Å². The molecule has 0 bridgehead atoms. The summed E-state index contributed by atoms with van der Waals surface area (Å²) in [4.78, 5) is 16.3. The molecule has 0 unspecified atom stereocenters. The second kappa shape index (κ2) is 3.63. The average molecular weight is 205 g/mol. The quantitative estimate of drug-likeness (QED) is 0.697. The largest absolute Gasteiger partial charge is 0.287 e. The van der Waals surface area contributed by atoms with Crippen LogP contribution < -0.4 is 0 Å². The number of hydrogen-bond acceptors (Lipinski definition) is 5. The molecule has 0 aliphatic rings. The Morgan fingerprint density at radius 3 is 2.93 bits per heavy atom. The van der Waals surface area contributed by atoms with Gasteiger partial charge < -0.3 is 0 Å². The zero-order chi connectivity index (χ0) is 9.97. The predicted octanol–water partition coefficient (Wildman–Crippen LogP) is 1.47. The van der Waals surface area contributed by atoms with E-state index in [1.54, 1.807) is 12.4 Å². The van der Waals surface area contributed by atoms with Crippen molar-refractivity contribution in [2.24, 2.45) is 0 Å². The molecule has 0 aromatic carbocycles.